The van der Waals surface area contributed by atoms with Crippen LogP contribution in [-0.4, -0.2) is 29.1 Å². The molecule has 0 aliphatic heterocycles. The Morgan fingerprint density at radius 3 is 2.68 bits per heavy atom. The van der Waals surface area contributed by atoms with E-state index < -0.39 is 0 Å². The molecule has 0 unspecified atom stereocenters. The lowest BCUT2D eigenvalue weighted by molar-refractivity contribution is 0.0851. The van der Waals surface area contributed by atoms with E-state index in [9.17, 15) is 9.90 Å². The molecule has 0 saturated carbocycles. The van der Waals surface area contributed by atoms with Crippen LogP contribution >= 0.6 is 0 Å². The molecular formula is C14H23N3O2. The second-order valence-electron chi connectivity index (χ2n) is 4.79. The number of nitrogens with one attached hydrogen (secondary N) is 1. The Morgan fingerprint density at radius 1 is 1.47 bits per heavy atom. The summed E-state index contributed by atoms with van der Waals surface area (Å²) in [7, 11) is 0. The lowest BCUT2D eigenvalue weighted by Gasteiger charge is -2.29. The van der Waals surface area contributed by atoms with Gasteiger partial charge < -0.3 is 16.2 Å². The molecule has 1 rings (SSSR count). The Hall–Kier alpha value is -1.46. The summed E-state index contributed by atoms with van der Waals surface area (Å²) in [4.78, 5) is 16.1. The summed E-state index contributed by atoms with van der Waals surface area (Å²) in [6.45, 7) is 4.89. The molecule has 0 fully saturated rings. The molecule has 0 aromatic carbocycles. The second kappa shape index (κ2) is 7.21. The minimum Gasteiger partial charge on any atom is -0.396 e. The van der Waals surface area contributed by atoms with Gasteiger partial charge in [-0.05, 0) is 25.0 Å². The quantitative estimate of drug-likeness (QED) is 0.688. The minimum atomic E-state index is -0.237. The fourth-order valence-electron chi connectivity index (χ4n) is 1.88. The Bertz CT molecular complexity index is 409. The molecule has 0 aliphatic rings. The van der Waals surface area contributed by atoms with Gasteiger partial charge >= 0.3 is 0 Å². The fraction of sp³-hybridized carbons (Fsp3) is 0.571. The lowest BCUT2D eigenvalue weighted by atomic mass is 9.83. The molecule has 0 saturated heterocycles. The topological polar surface area (TPSA) is 88.2 Å². The summed E-state index contributed by atoms with van der Waals surface area (Å²) in [6.07, 6.45) is 3.23. The van der Waals surface area contributed by atoms with E-state index in [-0.39, 0.29) is 17.9 Å². The molecule has 0 bridgehead atoms. The van der Waals surface area contributed by atoms with Crippen molar-refractivity contribution in [3.05, 3.63) is 29.6 Å². The van der Waals surface area contributed by atoms with Crippen molar-refractivity contribution >= 4 is 5.91 Å². The van der Waals surface area contributed by atoms with Crippen molar-refractivity contribution in [2.75, 3.05) is 13.2 Å². The van der Waals surface area contributed by atoms with Crippen LogP contribution in [0.1, 0.15) is 42.7 Å². The van der Waals surface area contributed by atoms with Crippen LogP contribution in [0.4, 0.5) is 0 Å². The van der Waals surface area contributed by atoms with E-state index in [1.807, 2.05) is 13.8 Å². The normalized spacial score (nSPS) is 11.4. The van der Waals surface area contributed by atoms with Crippen LogP contribution in [0.2, 0.25) is 0 Å². The van der Waals surface area contributed by atoms with Gasteiger partial charge in [-0.3, -0.25) is 9.78 Å². The highest BCUT2D eigenvalue weighted by molar-refractivity contribution is 5.94. The van der Waals surface area contributed by atoms with Crippen LogP contribution in [0.15, 0.2) is 18.3 Å². The third-order valence-corrected chi connectivity index (χ3v) is 3.75. The molecule has 0 radical (unpaired) electrons. The first-order valence-corrected chi connectivity index (χ1v) is 6.65. The Balaban J connectivity index is 2.69. The Kier molecular flexibility index (Phi) is 5.92. The van der Waals surface area contributed by atoms with Crippen molar-refractivity contribution in [2.45, 2.75) is 33.2 Å². The SMILES string of the molecule is CCC(CC)(CO)CNC(=O)c1ccnc(CN)c1. The predicted octanol–water partition coefficient (Wildman–Crippen LogP) is 1.07. The van der Waals surface area contributed by atoms with Crippen molar-refractivity contribution in [1.82, 2.24) is 10.3 Å². The first-order valence-electron chi connectivity index (χ1n) is 6.65. The first kappa shape index (κ1) is 15.6. The predicted molar refractivity (Wildman–Crippen MR) is 74.6 cm³/mol. The monoisotopic (exact) mass is 265 g/mol. The maximum atomic E-state index is 12.0. The molecule has 5 nitrogen and oxygen atoms in total. The number of aliphatic hydroxyl groups is 1. The van der Waals surface area contributed by atoms with Gasteiger partial charge in [-0.2, -0.15) is 0 Å². The van der Waals surface area contributed by atoms with Crippen molar-refractivity contribution in [2.24, 2.45) is 11.1 Å². The second-order valence-corrected chi connectivity index (χ2v) is 4.79. The van der Waals surface area contributed by atoms with E-state index in [1.165, 1.54) is 0 Å². The third-order valence-electron chi connectivity index (χ3n) is 3.75. The number of nitrogens with zero attached hydrogens (tertiary/aromatic N) is 1. The van der Waals surface area contributed by atoms with Crippen molar-refractivity contribution in [3.8, 4) is 0 Å². The zero-order valence-corrected chi connectivity index (χ0v) is 11.6. The highest BCUT2D eigenvalue weighted by Gasteiger charge is 2.25. The Morgan fingerprint density at radius 2 is 2.16 bits per heavy atom. The number of rotatable bonds is 7. The van der Waals surface area contributed by atoms with E-state index in [0.717, 1.165) is 12.8 Å². The zero-order valence-electron chi connectivity index (χ0n) is 11.6. The number of amides is 1. The fourth-order valence-corrected chi connectivity index (χ4v) is 1.88. The van der Waals surface area contributed by atoms with Crippen LogP contribution in [-0.2, 0) is 6.54 Å². The van der Waals surface area contributed by atoms with Gasteiger partial charge in [0, 0.05) is 30.3 Å². The lowest BCUT2D eigenvalue weighted by Crippen LogP contribution is -2.39. The van der Waals surface area contributed by atoms with Crippen molar-refractivity contribution in [1.29, 1.82) is 0 Å². The molecule has 0 atom stereocenters. The average molecular weight is 265 g/mol. The summed E-state index contributed by atoms with van der Waals surface area (Å²) in [5, 5.41) is 12.3. The van der Waals surface area contributed by atoms with Crippen LogP contribution in [0, 0.1) is 5.41 Å². The van der Waals surface area contributed by atoms with Crippen molar-refractivity contribution < 1.29 is 9.90 Å². The van der Waals surface area contributed by atoms with Crippen LogP contribution in [0.5, 0.6) is 0 Å². The van der Waals surface area contributed by atoms with Gasteiger partial charge in [0.2, 0.25) is 0 Å². The summed E-state index contributed by atoms with van der Waals surface area (Å²) in [5.41, 5.74) is 6.50. The van der Waals surface area contributed by atoms with E-state index in [2.05, 4.69) is 10.3 Å². The molecule has 0 aliphatic carbocycles. The molecule has 1 aromatic rings. The number of carbonyl (C=O) groups excluding carboxylic acids is 1. The first-order chi connectivity index (χ1) is 9.10. The van der Waals surface area contributed by atoms with E-state index >= 15 is 0 Å². The maximum Gasteiger partial charge on any atom is 0.251 e. The highest BCUT2D eigenvalue weighted by Crippen LogP contribution is 2.24. The smallest absolute Gasteiger partial charge is 0.251 e. The number of hydrogen-bond donors (Lipinski definition) is 3. The van der Waals surface area contributed by atoms with E-state index in [4.69, 9.17) is 5.73 Å². The minimum absolute atomic E-state index is 0.0741. The molecule has 1 aromatic heterocycles. The van der Waals surface area contributed by atoms with E-state index in [0.29, 0.717) is 24.3 Å². The van der Waals surface area contributed by atoms with Gasteiger partial charge in [-0.1, -0.05) is 13.8 Å². The summed E-state index contributed by atoms with van der Waals surface area (Å²) >= 11 is 0. The number of hydrogen-bond acceptors (Lipinski definition) is 4. The van der Waals surface area contributed by atoms with Gasteiger partial charge in [-0.25, -0.2) is 0 Å². The average Bonchev–Trinajstić information content (AvgIpc) is 2.49. The standard InChI is InChI=1S/C14H23N3O2/c1-3-14(4-2,10-18)9-17-13(19)11-5-6-16-12(7-11)8-15/h5-7,18H,3-4,8-10,15H2,1-2H3,(H,17,19). The van der Waals surface area contributed by atoms with Crippen LogP contribution < -0.4 is 11.1 Å². The molecule has 4 N–H and O–H groups in total. The highest BCUT2D eigenvalue weighted by atomic mass is 16.3. The van der Waals surface area contributed by atoms with Gasteiger partial charge in [0.1, 0.15) is 0 Å². The number of aromatic nitrogens is 1. The van der Waals surface area contributed by atoms with Gasteiger partial charge in [0.05, 0.1) is 12.3 Å². The summed E-state index contributed by atoms with van der Waals surface area (Å²) in [5.74, 6) is -0.156. The molecule has 106 valence electrons. The van der Waals surface area contributed by atoms with Gasteiger partial charge in [0.25, 0.3) is 5.91 Å². The molecule has 5 heteroatoms. The summed E-state index contributed by atoms with van der Waals surface area (Å²) < 4.78 is 0. The molecule has 0 spiro atoms. The number of pyridine rings is 1. The van der Waals surface area contributed by atoms with Gasteiger partial charge in [-0.15, -0.1) is 0 Å². The van der Waals surface area contributed by atoms with Crippen LogP contribution in [0.3, 0.4) is 0 Å². The molecular weight excluding hydrogens is 242 g/mol. The van der Waals surface area contributed by atoms with E-state index in [1.54, 1.807) is 18.3 Å². The molecule has 1 heterocycles. The van der Waals surface area contributed by atoms with Crippen LogP contribution in [0.25, 0.3) is 0 Å². The zero-order chi connectivity index (χ0) is 14.3. The number of aliphatic hydroxyl groups excluding tert-OH is 1. The Labute approximate surface area is 114 Å². The largest absolute Gasteiger partial charge is 0.396 e. The maximum absolute atomic E-state index is 12.0. The summed E-state index contributed by atoms with van der Waals surface area (Å²) in [6, 6.07) is 3.35. The van der Waals surface area contributed by atoms with Gasteiger partial charge in [0.15, 0.2) is 0 Å². The van der Waals surface area contributed by atoms with Crippen molar-refractivity contribution in [3.63, 3.8) is 0 Å². The third kappa shape index (κ3) is 4.01. The molecule has 19 heavy (non-hydrogen) atoms. The number of nitrogens with two attached hydrogens (primary N) is 1. The molecule has 1 amide bonds. The number of carbonyl (C=O) groups is 1.